The van der Waals surface area contributed by atoms with E-state index in [4.69, 9.17) is 9.84 Å². The second kappa shape index (κ2) is 8.27. The molecule has 1 fully saturated rings. The van der Waals surface area contributed by atoms with Gasteiger partial charge in [-0.15, -0.1) is 0 Å². The number of nitrogens with one attached hydrogen (secondary N) is 1. The number of hydrogen-bond donors (Lipinski definition) is 2. The van der Waals surface area contributed by atoms with E-state index in [1.54, 1.807) is 11.8 Å². The lowest BCUT2D eigenvalue weighted by molar-refractivity contribution is -0.138. The van der Waals surface area contributed by atoms with Crippen molar-refractivity contribution in [2.24, 2.45) is 5.92 Å². The standard InChI is InChI=1S/C22H23NO4S/c24-21(25)11-14-13-28-10-9-20(14)23-22(26)27-12-19-17-7-3-1-5-15(17)16-6-2-4-8-18(16)19/h1-8,14,19-20H,9-13H2,(H,23,26)(H,24,25). The molecule has 2 aromatic carbocycles. The number of benzene rings is 2. The van der Waals surface area contributed by atoms with Crippen molar-refractivity contribution >= 4 is 23.8 Å². The van der Waals surface area contributed by atoms with Crippen LogP contribution in [0, 0.1) is 5.92 Å². The van der Waals surface area contributed by atoms with Crippen LogP contribution in [0.15, 0.2) is 48.5 Å². The largest absolute Gasteiger partial charge is 0.481 e. The zero-order chi connectivity index (χ0) is 19.5. The van der Waals surface area contributed by atoms with Crippen LogP contribution in [0.1, 0.15) is 29.9 Å². The Morgan fingerprint density at radius 2 is 1.71 bits per heavy atom. The fourth-order valence-electron chi connectivity index (χ4n) is 4.20. The molecule has 1 saturated heterocycles. The number of rotatable bonds is 5. The van der Waals surface area contributed by atoms with E-state index < -0.39 is 12.1 Å². The summed E-state index contributed by atoms with van der Waals surface area (Å²) < 4.78 is 5.59. The molecule has 4 rings (SSSR count). The minimum absolute atomic E-state index is 0.0230. The lowest BCUT2D eigenvalue weighted by Crippen LogP contribution is -2.44. The monoisotopic (exact) mass is 397 g/mol. The highest BCUT2D eigenvalue weighted by Crippen LogP contribution is 2.44. The molecule has 0 radical (unpaired) electrons. The maximum Gasteiger partial charge on any atom is 0.407 e. The summed E-state index contributed by atoms with van der Waals surface area (Å²) in [5.74, 6) is 0.809. The Hall–Kier alpha value is -2.47. The smallest absolute Gasteiger partial charge is 0.407 e. The summed E-state index contributed by atoms with van der Waals surface area (Å²) in [5, 5.41) is 12.0. The molecular weight excluding hydrogens is 374 g/mol. The van der Waals surface area contributed by atoms with Crippen molar-refractivity contribution in [2.45, 2.75) is 24.8 Å². The van der Waals surface area contributed by atoms with Crippen LogP contribution >= 0.6 is 11.8 Å². The lowest BCUT2D eigenvalue weighted by Gasteiger charge is -2.30. The summed E-state index contributed by atoms with van der Waals surface area (Å²) in [6.07, 6.45) is 0.378. The molecule has 2 unspecified atom stereocenters. The first-order valence-corrected chi connectivity index (χ1v) is 10.7. The molecule has 5 nitrogen and oxygen atoms in total. The summed E-state index contributed by atoms with van der Waals surface area (Å²) in [6.45, 7) is 0.269. The second-order valence-corrected chi connectivity index (χ2v) is 8.45. The number of hydrogen-bond acceptors (Lipinski definition) is 4. The molecule has 2 atom stereocenters. The van der Waals surface area contributed by atoms with Gasteiger partial charge in [-0.1, -0.05) is 48.5 Å². The maximum atomic E-state index is 12.4. The van der Waals surface area contributed by atoms with Gasteiger partial charge in [0.25, 0.3) is 0 Å². The van der Waals surface area contributed by atoms with E-state index in [-0.39, 0.29) is 30.9 Å². The number of fused-ring (bicyclic) bond motifs is 3. The maximum absolute atomic E-state index is 12.4. The lowest BCUT2D eigenvalue weighted by atomic mass is 9.95. The van der Waals surface area contributed by atoms with E-state index in [0.29, 0.717) is 0 Å². The Labute approximate surface area is 168 Å². The fraction of sp³-hybridized carbons (Fsp3) is 0.364. The number of alkyl carbamates (subject to hydrolysis) is 1. The van der Waals surface area contributed by atoms with Gasteiger partial charge >= 0.3 is 12.1 Å². The SMILES string of the molecule is O=C(O)CC1CSCCC1NC(=O)OCC1c2ccccc2-c2ccccc21. The zero-order valence-electron chi connectivity index (χ0n) is 15.5. The highest BCUT2D eigenvalue weighted by molar-refractivity contribution is 7.99. The van der Waals surface area contributed by atoms with Gasteiger partial charge in [0.15, 0.2) is 0 Å². The highest BCUT2D eigenvalue weighted by Gasteiger charge is 2.31. The van der Waals surface area contributed by atoms with E-state index in [1.165, 1.54) is 22.3 Å². The van der Waals surface area contributed by atoms with Crippen molar-refractivity contribution in [1.29, 1.82) is 0 Å². The van der Waals surface area contributed by atoms with Crippen molar-refractivity contribution in [3.63, 3.8) is 0 Å². The molecule has 2 aromatic rings. The van der Waals surface area contributed by atoms with Crippen molar-refractivity contribution < 1.29 is 19.4 Å². The van der Waals surface area contributed by atoms with Gasteiger partial charge in [0.1, 0.15) is 6.61 Å². The molecule has 2 N–H and O–H groups in total. The topological polar surface area (TPSA) is 75.6 Å². The first-order chi connectivity index (χ1) is 13.6. The summed E-state index contributed by atoms with van der Waals surface area (Å²) in [6, 6.07) is 16.3. The van der Waals surface area contributed by atoms with Gasteiger partial charge in [-0.05, 0) is 46.1 Å². The number of aliphatic carboxylic acids is 1. The average molecular weight is 397 g/mol. The number of carboxylic acid groups (broad SMARTS) is 1. The molecule has 1 aliphatic heterocycles. The molecule has 0 aromatic heterocycles. The third-order valence-corrected chi connectivity index (χ3v) is 6.75. The van der Waals surface area contributed by atoms with Crippen LogP contribution in [0.25, 0.3) is 11.1 Å². The summed E-state index contributed by atoms with van der Waals surface area (Å²) in [4.78, 5) is 23.5. The van der Waals surface area contributed by atoms with Crippen molar-refractivity contribution in [3.8, 4) is 11.1 Å². The fourth-order valence-corrected chi connectivity index (χ4v) is 5.44. The van der Waals surface area contributed by atoms with Crippen LogP contribution in [0.3, 0.4) is 0 Å². The van der Waals surface area contributed by atoms with Gasteiger partial charge in [-0.3, -0.25) is 4.79 Å². The highest BCUT2D eigenvalue weighted by atomic mass is 32.2. The predicted octanol–water partition coefficient (Wildman–Crippen LogP) is 4.12. The molecule has 1 heterocycles. The van der Waals surface area contributed by atoms with Gasteiger partial charge in [0, 0.05) is 12.0 Å². The van der Waals surface area contributed by atoms with Crippen LogP contribution < -0.4 is 5.32 Å². The van der Waals surface area contributed by atoms with Crippen molar-refractivity contribution in [1.82, 2.24) is 5.32 Å². The summed E-state index contributed by atoms with van der Waals surface area (Å²) >= 11 is 1.74. The Morgan fingerprint density at radius 3 is 2.36 bits per heavy atom. The normalized spacial score (nSPS) is 20.9. The number of amides is 1. The third-order valence-electron chi connectivity index (χ3n) is 5.56. The summed E-state index contributed by atoms with van der Waals surface area (Å²) in [5.41, 5.74) is 4.74. The van der Waals surface area contributed by atoms with Gasteiger partial charge in [-0.25, -0.2) is 4.79 Å². The molecule has 28 heavy (non-hydrogen) atoms. The van der Waals surface area contributed by atoms with E-state index in [0.717, 1.165) is 17.9 Å². The molecule has 1 amide bonds. The molecule has 0 bridgehead atoms. The number of carbonyl (C=O) groups is 2. The zero-order valence-corrected chi connectivity index (χ0v) is 16.3. The number of ether oxygens (including phenoxy) is 1. The molecule has 6 heteroatoms. The van der Waals surface area contributed by atoms with E-state index in [9.17, 15) is 9.59 Å². The number of carboxylic acids is 1. The molecule has 146 valence electrons. The Kier molecular flexibility index (Phi) is 5.57. The second-order valence-electron chi connectivity index (χ2n) is 7.30. The minimum atomic E-state index is -0.827. The van der Waals surface area contributed by atoms with Gasteiger partial charge in [-0.2, -0.15) is 11.8 Å². The molecule has 0 spiro atoms. The van der Waals surface area contributed by atoms with E-state index in [2.05, 4.69) is 29.6 Å². The Morgan fingerprint density at radius 1 is 1.07 bits per heavy atom. The Balaban J connectivity index is 1.42. The first kappa shape index (κ1) is 18.9. The minimum Gasteiger partial charge on any atom is -0.481 e. The van der Waals surface area contributed by atoms with Crippen molar-refractivity contribution in [2.75, 3.05) is 18.1 Å². The first-order valence-electron chi connectivity index (χ1n) is 9.54. The molecule has 1 aliphatic carbocycles. The van der Waals surface area contributed by atoms with Crippen LogP contribution in [0.2, 0.25) is 0 Å². The van der Waals surface area contributed by atoms with Gasteiger partial charge in [0.2, 0.25) is 0 Å². The number of thioether (sulfide) groups is 1. The van der Waals surface area contributed by atoms with Crippen LogP contribution in [-0.2, 0) is 9.53 Å². The molecule has 2 aliphatic rings. The van der Waals surface area contributed by atoms with E-state index >= 15 is 0 Å². The van der Waals surface area contributed by atoms with Crippen molar-refractivity contribution in [3.05, 3.63) is 59.7 Å². The van der Waals surface area contributed by atoms with Crippen LogP contribution in [-0.4, -0.2) is 41.3 Å². The Bertz CT molecular complexity index is 839. The van der Waals surface area contributed by atoms with E-state index in [1.807, 2.05) is 24.3 Å². The predicted molar refractivity (Wildman–Crippen MR) is 110 cm³/mol. The van der Waals surface area contributed by atoms with Gasteiger partial charge in [0.05, 0.1) is 6.42 Å². The summed E-state index contributed by atoms with van der Waals surface area (Å²) in [7, 11) is 0. The average Bonchev–Trinajstić information content (AvgIpc) is 3.01. The molecular formula is C22H23NO4S. The van der Waals surface area contributed by atoms with Crippen LogP contribution in [0.5, 0.6) is 0 Å². The third kappa shape index (κ3) is 3.87. The number of carbonyl (C=O) groups excluding carboxylic acids is 1. The van der Waals surface area contributed by atoms with Crippen LogP contribution in [0.4, 0.5) is 4.79 Å². The molecule has 0 saturated carbocycles. The van der Waals surface area contributed by atoms with Gasteiger partial charge < -0.3 is 15.2 Å². The quantitative estimate of drug-likeness (QED) is 0.794.